The molecule has 1 aliphatic carbocycles. The van der Waals surface area contributed by atoms with E-state index in [1.54, 1.807) is 48.6 Å². The van der Waals surface area contributed by atoms with Crippen LogP contribution in [0.3, 0.4) is 0 Å². The summed E-state index contributed by atoms with van der Waals surface area (Å²) in [5.41, 5.74) is 4.26. The summed E-state index contributed by atoms with van der Waals surface area (Å²) < 4.78 is 0. The minimum Gasteiger partial charge on any atom is -0.348 e. The molecule has 0 unspecified atom stereocenters. The van der Waals surface area contributed by atoms with Crippen molar-refractivity contribution >= 4 is 40.1 Å². The predicted molar refractivity (Wildman–Crippen MR) is 130 cm³/mol. The van der Waals surface area contributed by atoms with Gasteiger partial charge in [0.1, 0.15) is 0 Å². The van der Waals surface area contributed by atoms with Gasteiger partial charge in [0.25, 0.3) is 5.91 Å². The second-order valence-electron chi connectivity index (χ2n) is 8.51. The lowest BCUT2D eigenvalue weighted by Gasteiger charge is -2.22. The van der Waals surface area contributed by atoms with Crippen LogP contribution in [0.1, 0.15) is 35.7 Å². The first-order valence-electron chi connectivity index (χ1n) is 11.1. The van der Waals surface area contributed by atoms with Crippen molar-refractivity contribution in [1.82, 2.24) is 25.5 Å². The van der Waals surface area contributed by atoms with Gasteiger partial charge in [-0.25, -0.2) is 4.98 Å². The Bertz CT molecular complexity index is 1360. The van der Waals surface area contributed by atoms with Crippen LogP contribution in [0.15, 0.2) is 55.0 Å². The quantitative estimate of drug-likeness (QED) is 0.414. The second kappa shape index (κ2) is 9.23. The summed E-state index contributed by atoms with van der Waals surface area (Å²) in [6, 6.07) is 11.0. The van der Waals surface area contributed by atoms with Crippen molar-refractivity contribution < 1.29 is 9.59 Å². The Morgan fingerprint density at radius 3 is 2.68 bits per heavy atom. The lowest BCUT2D eigenvalue weighted by molar-refractivity contribution is -0.116. The summed E-state index contributed by atoms with van der Waals surface area (Å²) in [4.78, 5) is 35.1. The molecule has 2 N–H and O–H groups in total. The second-order valence-corrected chi connectivity index (χ2v) is 8.91. The maximum absolute atomic E-state index is 12.6. The van der Waals surface area contributed by atoms with Crippen LogP contribution in [0.25, 0.3) is 22.3 Å². The van der Waals surface area contributed by atoms with Crippen LogP contribution >= 0.6 is 11.6 Å². The standard InChI is InChI=1S/C25H23ClN6O2/c1-15(33)32(14-16-2-3-16)23-7-5-18(9-21(23)26)22-6-4-19(12-27-22)25(34)29-11-17-8-20-13-30-31-24(20)28-10-17/h4-10,12-13,16H,2-3,11,14H2,1H3,(H,29,34)(H,28,30,31). The molecule has 0 radical (unpaired) electrons. The van der Waals surface area contributed by atoms with Crippen LogP contribution < -0.4 is 10.2 Å². The van der Waals surface area contributed by atoms with Gasteiger partial charge in [-0.3, -0.25) is 19.7 Å². The minimum absolute atomic E-state index is 0.0180. The van der Waals surface area contributed by atoms with Gasteiger partial charge in [-0.2, -0.15) is 5.10 Å². The first-order valence-corrected chi connectivity index (χ1v) is 11.5. The van der Waals surface area contributed by atoms with E-state index in [9.17, 15) is 9.59 Å². The third kappa shape index (κ3) is 4.77. The first kappa shape index (κ1) is 22.0. The van der Waals surface area contributed by atoms with E-state index in [4.69, 9.17) is 11.6 Å². The maximum Gasteiger partial charge on any atom is 0.253 e. The molecule has 34 heavy (non-hydrogen) atoms. The zero-order valence-corrected chi connectivity index (χ0v) is 19.3. The Kier molecular flexibility index (Phi) is 5.98. The number of carbonyl (C=O) groups is 2. The minimum atomic E-state index is -0.225. The number of rotatable bonds is 7. The molecule has 9 heteroatoms. The fraction of sp³-hybridized carbons (Fsp3) is 0.240. The zero-order chi connectivity index (χ0) is 23.7. The van der Waals surface area contributed by atoms with Crippen LogP contribution in [0.4, 0.5) is 5.69 Å². The van der Waals surface area contributed by atoms with E-state index in [2.05, 4.69) is 25.5 Å². The van der Waals surface area contributed by atoms with Gasteiger partial charge >= 0.3 is 0 Å². The molecule has 0 spiro atoms. The van der Waals surface area contributed by atoms with Gasteiger partial charge in [0, 0.05) is 43.4 Å². The van der Waals surface area contributed by atoms with Gasteiger partial charge in [0.15, 0.2) is 5.65 Å². The number of aromatic amines is 1. The predicted octanol–water partition coefficient (Wildman–Crippen LogP) is 4.37. The third-order valence-corrected chi connectivity index (χ3v) is 6.18. The number of nitrogens with zero attached hydrogens (tertiary/aromatic N) is 4. The highest BCUT2D eigenvalue weighted by Gasteiger charge is 2.27. The lowest BCUT2D eigenvalue weighted by Crippen LogP contribution is -2.30. The summed E-state index contributed by atoms with van der Waals surface area (Å²) >= 11 is 6.54. The van der Waals surface area contributed by atoms with Crippen LogP contribution in [-0.4, -0.2) is 38.5 Å². The molecule has 0 saturated heterocycles. The van der Waals surface area contributed by atoms with E-state index in [1.807, 2.05) is 18.2 Å². The number of amides is 2. The maximum atomic E-state index is 12.6. The number of fused-ring (bicyclic) bond motifs is 1. The topological polar surface area (TPSA) is 104 Å². The SMILES string of the molecule is CC(=O)N(CC1CC1)c1ccc(-c2ccc(C(=O)NCc3cnc4[nH]ncc4c3)cn2)cc1Cl. The summed E-state index contributed by atoms with van der Waals surface area (Å²) in [6.07, 6.45) is 7.24. The molecule has 1 aromatic carbocycles. The Balaban J connectivity index is 1.26. The van der Waals surface area contributed by atoms with Crippen molar-refractivity contribution in [2.45, 2.75) is 26.3 Å². The van der Waals surface area contributed by atoms with E-state index >= 15 is 0 Å². The Labute approximate surface area is 201 Å². The molecular formula is C25H23ClN6O2. The molecule has 3 aromatic heterocycles. The smallest absolute Gasteiger partial charge is 0.253 e. The first-order chi connectivity index (χ1) is 16.5. The number of anilines is 1. The average molecular weight is 475 g/mol. The fourth-order valence-electron chi connectivity index (χ4n) is 3.80. The molecule has 3 heterocycles. The molecule has 0 bridgehead atoms. The van der Waals surface area contributed by atoms with Gasteiger partial charge in [0.05, 0.1) is 28.2 Å². The van der Waals surface area contributed by atoms with Crippen molar-refractivity contribution in [1.29, 1.82) is 0 Å². The molecule has 2 amide bonds. The van der Waals surface area contributed by atoms with E-state index in [1.165, 1.54) is 0 Å². The number of carbonyl (C=O) groups excluding carboxylic acids is 2. The van der Waals surface area contributed by atoms with E-state index in [0.29, 0.717) is 46.6 Å². The summed E-state index contributed by atoms with van der Waals surface area (Å²) in [7, 11) is 0. The van der Waals surface area contributed by atoms with Gasteiger partial charge < -0.3 is 10.2 Å². The Morgan fingerprint density at radius 2 is 1.97 bits per heavy atom. The number of hydrogen-bond donors (Lipinski definition) is 2. The summed E-state index contributed by atoms with van der Waals surface area (Å²) in [6.45, 7) is 2.60. The highest BCUT2D eigenvalue weighted by molar-refractivity contribution is 6.34. The average Bonchev–Trinajstić information content (AvgIpc) is 3.55. The van der Waals surface area contributed by atoms with Crippen LogP contribution in [0, 0.1) is 5.92 Å². The van der Waals surface area contributed by atoms with Crippen LogP contribution in [-0.2, 0) is 11.3 Å². The molecule has 8 nitrogen and oxygen atoms in total. The van der Waals surface area contributed by atoms with Crippen molar-refractivity contribution in [3.63, 3.8) is 0 Å². The number of benzene rings is 1. The van der Waals surface area contributed by atoms with Gasteiger partial charge in [0.2, 0.25) is 5.91 Å². The Morgan fingerprint density at radius 1 is 1.12 bits per heavy atom. The molecular weight excluding hydrogens is 452 g/mol. The number of nitrogens with one attached hydrogen (secondary N) is 2. The number of aromatic nitrogens is 4. The van der Waals surface area contributed by atoms with Crippen LogP contribution in [0.2, 0.25) is 5.02 Å². The normalized spacial score (nSPS) is 13.1. The van der Waals surface area contributed by atoms with Crippen molar-refractivity contribution in [3.05, 3.63) is 71.1 Å². The fourth-order valence-corrected chi connectivity index (χ4v) is 4.09. The van der Waals surface area contributed by atoms with Crippen molar-refractivity contribution in [2.24, 2.45) is 5.92 Å². The molecule has 1 fully saturated rings. The van der Waals surface area contributed by atoms with Crippen molar-refractivity contribution in [3.8, 4) is 11.3 Å². The number of pyridine rings is 2. The van der Waals surface area contributed by atoms with E-state index in [-0.39, 0.29) is 11.8 Å². The third-order valence-electron chi connectivity index (χ3n) is 5.88. The van der Waals surface area contributed by atoms with Crippen molar-refractivity contribution in [2.75, 3.05) is 11.4 Å². The molecule has 0 atom stereocenters. The van der Waals surface area contributed by atoms with Gasteiger partial charge in [-0.1, -0.05) is 17.7 Å². The molecule has 5 rings (SSSR count). The van der Waals surface area contributed by atoms with E-state index < -0.39 is 0 Å². The zero-order valence-electron chi connectivity index (χ0n) is 18.6. The lowest BCUT2D eigenvalue weighted by atomic mass is 10.1. The van der Waals surface area contributed by atoms with E-state index in [0.717, 1.165) is 29.4 Å². The summed E-state index contributed by atoms with van der Waals surface area (Å²) in [5, 5.41) is 11.0. The van der Waals surface area contributed by atoms with Gasteiger partial charge in [-0.05, 0) is 54.7 Å². The van der Waals surface area contributed by atoms with Crippen LogP contribution in [0.5, 0.6) is 0 Å². The monoisotopic (exact) mass is 474 g/mol. The highest BCUT2D eigenvalue weighted by Crippen LogP contribution is 2.35. The van der Waals surface area contributed by atoms with Gasteiger partial charge in [-0.15, -0.1) is 0 Å². The molecule has 4 aromatic rings. The number of H-pyrrole nitrogens is 1. The number of halogens is 1. The Hall–Kier alpha value is -3.78. The molecule has 1 saturated carbocycles. The molecule has 1 aliphatic rings. The highest BCUT2D eigenvalue weighted by atomic mass is 35.5. The largest absolute Gasteiger partial charge is 0.348 e. The molecule has 172 valence electrons. The number of hydrogen-bond acceptors (Lipinski definition) is 5. The molecule has 0 aliphatic heterocycles. The summed E-state index contributed by atoms with van der Waals surface area (Å²) in [5.74, 6) is 0.317.